The van der Waals surface area contributed by atoms with E-state index in [-0.39, 0.29) is 13.2 Å². The molecule has 34 heavy (non-hydrogen) atoms. The molecular formula is C25H33ClO8. The third kappa shape index (κ3) is 6.47. The van der Waals surface area contributed by atoms with Crippen molar-refractivity contribution in [3.8, 4) is 5.75 Å². The zero-order valence-electron chi connectivity index (χ0n) is 19.1. The lowest BCUT2D eigenvalue weighted by molar-refractivity contribution is -0.231. The Morgan fingerprint density at radius 3 is 2.32 bits per heavy atom. The molecule has 0 radical (unpaired) electrons. The van der Waals surface area contributed by atoms with Gasteiger partial charge in [-0.2, -0.15) is 0 Å². The van der Waals surface area contributed by atoms with Crippen molar-refractivity contribution in [2.24, 2.45) is 0 Å². The smallest absolute Gasteiger partial charge is 0.119 e. The van der Waals surface area contributed by atoms with Gasteiger partial charge in [0.15, 0.2) is 0 Å². The standard InChI is InChI=1S/C25H33ClO8/c1-2-33-18-5-3-15(4-6-18)11-17-12-19(16(13-20(17)26)7-9-32-10-8-27)25-24(31)23(30)22(29)21(14-28)34-25/h3-6,12-13,21-25,27-31H,2,7-11,14H2,1H3/t21-,22-,23+,24-,25+/m1/s1. The minimum atomic E-state index is -1.49. The lowest BCUT2D eigenvalue weighted by Crippen LogP contribution is -2.55. The molecule has 0 amide bonds. The predicted molar refractivity (Wildman–Crippen MR) is 126 cm³/mol. The van der Waals surface area contributed by atoms with Gasteiger partial charge >= 0.3 is 0 Å². The van der Waals surface area contributed by atoms with Gasteiger partial charge in [0, 0.05) is 5.02 Å². The van der Waals surface area contributed by atoms with Gasteiger partial charge in [0.1, 0.15) is 36.3 Å². The van der Waals surface area contributed by atoms with E-state index in [4.69, 9.17) is 30.9 Å². The van der Waals surface area contributed by atoms with Gasteiger partial charge in [-0.1, -0.05) is 29.8 Å². The Hall–Kier alpha value is -1.75. The summed E-state index contributed by atoms with van der Waals surface area (Å²) in [7, 11) is 0. The number of benzene rings is 2. The molecule has 2 aromatic carbocycles. The average Bonchev–Trinajstić information content (AvgIpc) is 2.83. The van der Waals surface area contributed by atoms with E-state index in [9.17, 15) is 20.4 Å². The largest absolute Gasteiger partial charge is 0.494 e. The van der Waals surface area contributed by atoms with Gasteiger partial charge in [0.2, 0.25) is 0 Å². The SMILES string of the molecule is CCOc1ccc(Cc2cc([C@@H]3O[C@H](CO)[C@@H](O)[C@H](O)[C@H]3O)c(CCOCCO)cc2Cl)cc1. The van der Waals surface area contributed by atoms with Gasteiger partial charge in [0.05, 0.1) is 33.0 Å². The highest BCUT2D eigenvalue weighted by atomic mass is 35.5. The molecular weight excluding hydrogens is 464 g/mol. The van der Waals surface area contributed by atoms with Gasteiger partial charge in [-0.25, -0.2) is 0 Å². The van der Waals surface area contributed by atoms with E-state index in [1.165, 1.54) is 0 Å². The zero-order chi connectivity index (χ0) is 24.7. The summed E-state index contributed by atoms with van der Waals surface area (Å²) >= 11 is 6.62. The van der Waals surface area contributed by atoms with E-state index in [0.29, 0.717) is 36.6 Å². The molecule has 3 rings (SSSR count). The number of rotatable bonds is 11. The first kappa shape index (κ1) is 26.8. The van der Waals surface area contributed by atoms with Crippen LogP contribution in [0.2, 0.25) is 5.02 Å². The van der Waals surface area contributed by atoms with Gasteiger partial charge < -0.3 is 39.7 Å². The van der Waals surface area contributed by atoms with Crippen LogP contribution in [0.3, 0.4) is 0 Å². The monoisotopic (exact) mass is 496 g/mol. The van der Waals surface area contributed by atoms with Gasteiger partial charge in [-0.15, -0.1) is 0 Å². The van der Waals surface area contributed by atoms with Crippen LogP contribution in [0.5, 0.6) is 5.75 Å². The predicted octanol–water partition coefficient (Wildman–Crippen LogP) is 1.40. The maximum absolute atomic E-state index is 10.7. The van der Waals surface area contributed by atoms with Crippen LogP contribution in [0, 0.1) is 0 Å². The molecule has 0 aromatic heterocycles. The fraction of sp³-hybridized carbons (Fsp3) is 0.520. The summed E-state index contributed by atoms with van der Waals surface area (Å²) in [5, 5.41) is 50.3. The molecule has 1 saturated heterocycles. The first-order valence-electron chi connectivity index (χ1n) is 11.4. The van der Waals surface area contributed by atoms with Crippen molar-refractivity contribution < 1.29 is 39.7 Å². The summed E-state index contributed by atoms with van der Waals surface area (Å²) in [6, 6.07) is 11.3. The second-order valence-electron chi connectivity index (χ2n) is 8.23. The van der Waals surface area contributed by atoms with E-state index in [1.807, 2.05) is 37.3 Å². The molecule has 5 atom stereocenters. The number of aliphatic hydroxyl groups excluding tert-OH is 5. The van der Waals surface area contributed by atoms with Crippen LogP contribution < -0.4 is 4.74 Å². The highest BCUT2D eigenvalue weighted by Gasteiger charge is 2.44. The molecule has 5 N–H and O–H groups in total. The van der Waals surface area contributed by atoms with Gasteiger partial charge in [-0.3, -0.25) is 0 Å². The maximum Gasteiger partial charge on any atom is 0.119 e. The van der Waals surface area contributed by atoms with E-state index in [1.54, 1.807) is 6.07 Å². The second-order valence-corrected chi connectivity index (χ2v) is 8.64. The molecule has 9 heteroatoms. The normalized spacial score (nSPS) is 24.9. The summed E-state index contributed by atoms with van der Waals surface area (Å²) < 4.78 is 16.7. The quantitative estimate of drug-likeness (QED) is 0.295. The molecule has 1 fully saturated rings. The minimum Gasteiger partial charge on any atom is -0.494 e. The van der Waals surface area contributed by atoms with Crippen LogP contribution >= 0.6 is 11.6 Å². The molecule has 1 heterocycles. The van der Waals surface area contributed by atoms with Crippen molar-refractivity contribution in [1.82, 2.24) is 0 Å². The van der Waals surface area contributed by atoms with Crippen LogP contribution in [0.1, 0.15) is 35.3 Å². The summed E-state index contributed by atoms with van der Waals surface area (Å²) in [6.07, 6.45) is -5.41. The summed E-state index contributed by atoms with van der Waals surface area (Å²) in [6.45, 7) is 2.39. The summed E-state index contributed by atoms with van der Waals surface area (Å²) in [5.41, 5.74) is 3.12. The zero-order valence-corrected chi connectivity index (χ0v) is 19.9. The molecule has 8 nitrogen and oxygen atoms in total. The Labute approximate surface area is 204 Å². The number of ether oxygens (including phenoxy) is 3. The first-order valence-corrected chi connectivity index (χ1v) is 11.8. The summed E-state index contributed by atoms with van der Waals surface area (Å²) in [5.74, 6) is 0.776. The van der Waals surface area contributed by atoms with E-state index in [2.05, 4.69) is 0 Å². The molecule has 0 unspecified atom stereocenters. The van der Waals surface area contributed by atoms with Crippen molar-refractivity contribution in [3.63, 3.8) is 0 Å². The molecule has 0 spiro atoms. The highest BCUT2D eigenvalue weighted by Crippen LogP contribution is 2.37. The van der Waals surface area contributed by atoms with Gasteiger partial charge in [0.25, 0.3) is 0 Å². The van der Waals surface area contributed by atoms with Crippen LogP contribution in [0.15, 0.2) is 36.4 Å². The molecule has 0 bridgehead atoms. The van der Waals surface area contributed by atoms with Crippen LogP contribution in [-0.2, 0) is 22.3 Å². The van der Waals surface area contributed by atoms with Gasteiger partial charge in [-0.05, 0) is 60.2 Å². The molecule has 1 aliphatic heterocycles. The van der Waals surface area contributed by atoms with Crippen LogP contribution in [0.4, 0.5) is 0 Å². The lowest BCUT2D eigenvalue weighted by atomic mass is 9.87. The van der Waals surface area contributed by atoms with Crippen LogP contribution in [0.25, 0.3) is 0 Å². The maximum atomic E-state index is 10.7. The Balaban J connectivity index is 1.93. The third-order valence-corrected chi connectivity index (χ3v) is 6.24. The fourth-order valence-corrected chi connectivity index (χ4v) is 4.35. The number of hydrogen-bond donors (Lipinski definition) is 5. The number of halogens is 1. The van der Waals surface area contributed by atoms with E-state index >= 15 is 0 Å². The minimum absolute atomic E-state index is 0.0959. The van der Waals surface area contributed by atoms with Crippen molar-refractivity contribution in [3.05, 3.63) is 63.7 Å². The fourth-order valence-electron chi connectivity index (χ4n) is 4.09. The molecule has 1 aliphatic rings. The Kier molecular flexibility index (Phi) is 10.1. The average molecular weight is 497 g/mol. The molecule has 0 saturated carbocycles. The van der Waals surface area contributed by atoms with Crippen molar-refractivity contribution in [2.75, 3.05) is 33.0 Å². The topological polar surface area (TPSA) is 129 Å². The lowest BCUT2D eigenvalue weighted by Gasteiger charge is -2.41. The van der Waals surface area contributed by atoms with Crippen LogP contribution in [-0.4, -0.2) is 83.0 Å². The molecule has 0 aliphatic carbocycles. The number of aliphatic hydroxyl groups is 5. The second kappa shape index (κ2) is 12.8. The van der Waals surface area contributed by atoms with E-state index in [0.717, 1.165) is 22.4 Å². The van der Waals surface area contributed by atoms with Crippen molar-refractivity contribution >= 4 is 11.6 Å². The highest BCUT2D eigenvalue weighted by molar-refractivity contribution is 6.31. The third-order valence-electron chi connectivity index (χ3n) is 5.89. The van der Waals surface area contributed by atoms with E-state index < -0.39 is 37.1 Å². The summed E-state index contributed by atoms with van der Waals surface area (Å²) in [4.78, 5) is 0. The Morgan fingerprint density at radius 2 is 1.68 bits per heavy atom. The van der Waals surface area contributed by atoms with Crippen molar-refractivity contribution in [1.29, 1.82) is 0 Å². The Morgan fingerprint density at radius 1 is 0.941 bits per heavy atom. The Bertz CT molecular complexity index is 905. The number of hydrogen-bond acceptors (Lipinski definition) is 8. The molecule has 188 valence electrons. The first-order chi connectivity index (χ1) is 16.4. The van der Waals surface area contributed by atoms with Crippen molar-refractivity contribution in [2.45, 2.75) is 50.3 Å². The molecule has 2 aromatic rings.